The number of carbonyl (C=O) groups is 3. The van der Waals surface area contributed by atoms with E-state index in [4.69, 9.17) is 20.8 Å². The van der Waals surface area contributed by atoms with Gasteiger partial charge in [-0.25, -0.2) is 9.59 Å². The van der Waals surface area contributed by atoms with Crippen molar-refractivity contribution in [1.29, 1.82) is 0 Å². The number of hydrogen-bond acceptors (Lipinski definition) is 7. The van der Waals surface area contributed by atoms with Crippen molar-refractivity contribution in [3.63, 3.8) is 0 Å². The number of hydrogen-bond donors (Lipinski definition) is 3. The smallest absolute Gasteiger partial charge is 0.340 e. The number of methoxy groups -OCH3 is 1. The number of benzene rings is 2. The zero-order valence-corrected chi connectivity index (χ0v) is 25.2. The third-order valence-electron chi connectivity index (χ3n) is 7.71. The van der Waals surface area contributed by atoms with E-state index in [2.05, 4.69) is 10.6 Å². The van der Waals surface area contributed by atoms with Crippen molar-refractivity contribution in [1.82, 2.24) is 10.6 Å². The molecular formula is C31H35ClN2O7S. The average molecular weight is 615 g/mol. The van der Waals surface area contributed by atoms with Crippen LogP contribution in [0, 0.1) is 18.8 Å². The van der Waals surface area contributed by atoms with Crippen LogP contribution in [0.25, 0.3) is 11.0 Å². The summed E-state index contributed by atoms with van der Waals surface area (Å²) in [6.45, 7) is 2.19. The Balaban J connectivity index is 1.23. The summed E-state index contributed by atoms with van der Waals surface area (Å²) in [7, 11) is 1.47. The van der Waals surface area contributed by atoms with Crippen LogP contribution in [-0.4, -0.2) is 48.3 Å². The van der Waals surface area contributed by atoms with E-state index in [0.717, 1.165) is 18.4 Å². The first-order chi connectivity index (χ1) is 20.2. The Bertz CT molecular complexity index is 1490. The van der Waals surface area contributed by atoms with E-state index in [1.807, 2.05) is 30.3 Å². The van der Waals surface area contributed by atoms with Crippen LogP contribution in [-0.2, 0) is 26.6 Å². The number of halogens is 1. The van der Waals surface area contributed by atoms with Crippen molar-refractivity contribution in [3.05, 3.63) is 74.6 Å². The van der Waals surface area contributed by atoms with Crippen molar-refractivity contribution >= 4 is 52.1 Å². The summed E-state index contributed by atoms with van der Waals surface area (Å²) in [5.41, 5.74) is 1.76. The normalized spacial score (nSPS) is 17.4. The number of rotatable bonds is 12. The van der Waals surface area contributed by atoms with Crippen molar-refractivity contribution in [2.75, 3.05) is 19.4 Å². The van der Waals surface area contributed by atoms with Crippen molar-refractivity contribution in [3.8, 4) is 5.75 Å². The number of ether oxygens (including phenoxy) is 1. The molecule has 1 heterocycles. The minimum absolute atomic E-state index is 0.121. The average Bonchev–Trinajstić information content (AvgIpc) is 2.98. The summed E-state index contributed by atoms with van der Waals surface area (Å²) >= 11 is 7.72. The lowest BCUT2D eigenvalue weighted by Crippen LogP contribution is -2.46. The zero-order valence-electron chi connectivity index (χ0n) is 23.6. The van der Waals surface area contributed by atoms with Crippen LogP contribution < -0.4 is 21.0 Å². The molecule has 11 heteroatoms. The highest BCUT2D eigenvalue weighted by atomic mass is 35.5. The van der Waals surface area contributed by atoms with Crippen LogP contribution in [0.4, 0.5) is 0 Å². The molecule has 0 aliphatic heterocycles. The predicted molar refractivity (Wildman–Crippen MR) is 163 cm³/mol. The Kier molecular flexibility index (Phi) is 10.9. The summed E-state index contributed by atoms with van der Waals surface area (Å²) in [6, 6.07) is 12.0. The second-order valence-electron chi connectivity index (χ2n) is 10.6. The summed E-state index contributed by atoms with van der Waals surface area (Å²) in [5.74, 6) is -0.283. The van der Waals surface area contributed by atoms with Gasteiger partial charge in [0, 0.05) is 35.4 Å². The fourth-order valence-electron chi connectivity index (χ4n) is 5.19. The van der Waals surface area contributed by atoms with Gasteiger partial charge in [-0.05, 0) is 55.7 Å². The third kappa shape index (κ3) is 8.07. The molecule has 0 saturated heterocycles. The second-order valence-corrected chi connectivity index (χ2v) is 12.0. The van der Waals surface area contributed by atoms with Gasteiger partial charge in [-0.1, -0.05) is 41.9 Å². The number of fused-ring (bicyclic) bond motifs is 1. The molecule has 3 aromatic rings. The van der Waals surface area contributed by atoms with Gasteiger partial charge in [0.25, 0.3) is 0 Å². The molecular weight excluding hydrogens is 580 g/mol. The Morgan fingerprint density at radius 3 is 2.52 bits per heavy atom. The maximum absolute atomic E-state index is 12.8. The summed E-state index contributed by atoms with van der Waals surface area (Å²) in [5, 5.41) is 16.2. The molecule has 1 fully saturated rings. The number of aryl methyl sites for hydroxylation is 1. The number of thioether (sulfide) groups is 1. The van der Waals surface area contributed by atoms with Gasteiger partial charge in [-0.15, -0.1) is 0 Å². The number of carboxylic acids is 1. The largest absolute Gasteiger partial charge is 0.495 e. The summed E-state index contributed by atoms with van der Waals surface area (Å²) < 4.78 is 10.6. The highest BCUT2D eigenvalue weighted by molar-refractivity contribution is 7.98. The molecule has 9 nitrogen and oxygen atoms in total. The molecule has 4 rings (SSSR count). The van der Waals surface area contributed by atoms with Crippen LogP contribution in [0.15, 0.2) is 51.7 Å². The van der Waals surface area contributed by atoms with E-state index in [-0.39, 0.29) is 41.4 Å². The van der Waals surface area contributed by atoms with E-state index < -0.39 is 17.6 Å². The fraction of sp³-hybridized carbons (Fsp3) is 0.419. The fourth-order valence-corrected chi connectivity index (χ4v) is 6.44. The molecule has 0 spiro atoms. The molecule has 3 N–H and O–H groups in total. The second kappa shape index (κ2) is 14.6. The first-order valence-corrected chi connectivity index (χ1v) is 15.4. The molecule has 42 heavy (non-hydrogen) atoms. The number of carbonyl (C=O) groups excluding carboxylic acids is 2. The first-order valence-electron chi connectivity index (χ1n) is 13.9. The van der Waals surface area contributed by atoms with Gasteiger partial charge in [-0.3, -0.25) is 9.59 Å². The van der Waals surface area contributed by atoms with Gasteiger partial charge in [-0.2, -0.15) is 11.8 Å². The maximum Gasteiger partial charge on any atom is 0.340 e. The molecule has 1 aliphatic carbocycles. The van der Waals surface area contributed by atoms with E-state index in [9.17, 15) is 24.3 Å². The number of amides is 2. The lowest BCUT2D eigenvalue weighted by atomic mass is 9.81. The lowest BCUT2D eigenvalue weighted by molar-refractivity contribution is -0.142. The Labute approximate surface area is 253 Å². The highest BCUT2D eigenvalue weighted by Gasteiger charge is 2.29. The van der Waals surface area contributed by atoms with E-state index in [1.165, 1.54) is 18.9 Å². The zero-order chi connectivity index (χ0) is 30.2. The van der Waals surface area contributed by atoms with Crippen LogP contribution in [0.3, 0.4) is 0 Å². The Morgan fingerprint density at radius 2 is 1.86 bits per heavy atom. The van der Waals surface area contributed by atoms with Crippen molar-refractivity contribution in [2.24, 2.45) is 11.8 Å². The molecule has 224 valence electrons. The van der Waals surface area contributed by atoms with E-state index in [0.29, 0.717) is 52.4 Å². The standard InChI is InChI=1S/C31H35ClN2O7S/c1-18-22-12-24(32)27(40-2)14-26(22)41-31(39)23(18)13-28(35)33-15-19-8-10-21(11-9-19)29(36)34-25(30(37)38)17-42-16-20-6-4-3-5-7-20/h3-7,12,14,19,21,25H,8-11,13,15-17H2,1-2H3,(H,33,35)(H,34,36)(H,37,38)/t19?,21?,25-/m1/s1. The third-order valence-corrected chi connectivity index (χ3v) is 9.12. The van der Waals surface area contributed by atoms with Gasteiger partial charge in [0.2, 0.25) is 11.8 Å². The molecule has 1 aromatic heterocycles. The topological polar surface area (TPSA) is 135 Å². The van der Waals surface area contributed by atoms with Crippen LogP contribution >= 0.6 is 23.4 Å². The number of aliphatic carboxylic acids is 1. The van der Waals surface area contributed by atoms with Gasteiger partial charge in [0.15, 0.2) is 0 Å². The first kappa shape index (κ1) is 31.4. The van der Waals surface area contributed by atoms with Gasteiger partial charge in [0.1, 0.15) is 17.4 Å². The van der Waals surface area contributed by atoms with Gasteiger partial charge >= 0.3 is 11.6 Å². The molecule has 1 aliphatic rings. The van der Waals surface area contributed by atoms with Crippen molar-refractivity contribution < 1.29 is 28.6 Å². The molecule has 2 aromatic carbocycles. The highest BCUT2D eigenvalue weighted by Crippen LogP contribution is 2.32. The van der Waals surface area contributed by atoms with Crippen LogP contribution in [0.1, 0.15) is 42.4 Å². The summed E-state index contributed by atoms with van der Waals surface area (Å²) in [6.07, 6.45) is 2.58. The maximum atomic E-state index is 12.8. The predicted octanol–water partition coefficient (Wildman–Crippen LogP) is 4.73. The van der Waals surface area contributed by atoms with Gasteiger partial charge in [0.05, 0.1) is 24.1 Å². The Hall–Kier alpha value is -3.50. The van der Waals surface area contributed by atoms with Crippen LogP contribution in [0.2, 0.25) is 5.02 Å². The monoisotopic (exact) mass is 614 g/mol. The van der Waals surface area contributed by atoms with Crippen molar-refractivity contribution in [2.45, 2.75) is 50.8 Å². The van der Waals surface area contributed by atoms with Gasteiger partial charge < -0.3 is 24.9 Å². The van der Waals surface area contributed by atoms with E-state index >= 15 is 0 Å². The van der Waals surface area contributed by atoms with Crippen LogP contribution in [0.5, 0.6) is 5.75 Å². The molecule has 0 radical (unpaired) electrons. The number of carboxylic acid groups (broad SMARTS) is 1. The summed E-state index contributed by atoms with van der Waals surface area (Å²) in [4.78, 5) is 49.9. The Morgan fingerprint density at radius 1 is 1.14 bits per heavy atom. The molecule has 2 amide bonds. The lowest BCUT2D eigenvalue weighted by Gasteiger charge is -2.28. The minimum atomic E-state index is -1.04. The van der Waals surface area contributed by atoms with E-state index in [1.54, 1.807) is 19.1 Å². The minimum Gasteiger partial charge on any atom is -0.495 e. The molecule has 0 bridgehead atoms. The quantitative estimate of drug-likeness (QED) is 0.249. The molecule has 1 saturated carbocycles. The molecule has 0 unspecified atom stereocenters. The number of nitrogens with one attached hydrogen (secondary N) is 2. The SMILES string of the molecule is COc1cc2oc(=O)c(CC(=O)NCC3CCC(C(=O)N[C@H](CSCc4ccccc4)C(=O)O)CC3)c(C)c2cc1Cl. The molecule has 1 atom stereocenters.